The maximum atomic E-state index is 11.9. The van der Waals surface area contributed by atoms with Crippen LogP contribution in [0.3, 0.4) is 0 Å². The summed E-state index contributed by atoms with van der Waals surface area (Å²) in [6.07, 6.45) is 1.58. The molecular formula is C18H25IN4O2. The molecule has 0 aliphatic heterocycles. The number of furan rings is 1. The lowest BCUT2D eigenvalue weighted by Crippen LogP contribution is -2.43. The van der Waals surface area contributed by atoms with Crippen LogP contribution in [0.5, 0.6) is 0 Å². The van der Waals surface area contributed by atoms with E-state index < -0.39 is 0 Å². The third-order valence-electron chi connectivity index (χ3n) is 3.34. The number of carbonyl (C=O) groups is 1. The summed E-state index contributed by atoms with van der Waals surface area (Å²) in [4.78, 5) is 16.4. The minimum Gasteiger partial charge on any atom is -0.467 e. The Hall–Kier alpha value is -2.03. The highest BCUT2D eigenvalue weighted by Crippen LogP contribution is 2.04. The summed E-state index contributed by atoms with van der Waals surface area (Å²) >= 11 is 0. The molecular weight excluding hydrogens is 431 g/mol. The number of nitrogens with one attached hydrogen (secondary N) is 3. The zero-order valence-electron chi connectivity index (χ0n) is 14.5. The van der Waals surface area contributed by atoms with E-state index in [9.17, 15) is 4.79 Å². The fourth-order valence-corrected chi connectivity index (χ4v) is 2.03. The Morgan fingerprint density at radius 2 is 1.88 bits per heavy atom. The Kier molecular flexibility index (Phi) is 9.68. The maximum absolute atomic E-state index is 11.9. The summed E-state index contributed by atoms with van der Waals surface area (Å²) in [5.41, 5.74) is 2.35. The molecule has 1 heterocycles. The van der Waals surface area contributed by atoms with E-state index in [0.29, 0.717) is 19.0 Å². The number of guanidine groups is 1. The number of benzene rings is 1. The number of hydrogen-bond donors (Lipinski definition) is 3. The van der Waals surface area contributed by atoms with Crippen LogP contribution in [0, 0.1) is 6.92 Å². The molecule has 1 aromatic heterocycles. The van der Waals surface area contributed by atoms with Gasteiger partial charge in [0.25, 0.3) is 0 Å². The van der Waals surface area contributed by atoms with Crippen LogP contribution in [0.1, 0.15) is 23.8 Å². The minimum atomic E-state index is -0.118. The first kappa shape index (κ1) is 21.0. The van der Waals surface area contributed by atoms with Crippen LogP contribution < -0.4 is 16.0 Å². The molecule has 136 valence electrons. The molecule has 0 fully saturated rings. The maximum Gasteiger partial charge on any atom is 0.239 e. The molecule has 7 heteroatoms. The number of hydrogen-bond acceptors (Lipinski definition) is 3. The summed E-state index contributed by atoms with van der Waals surface area (Å²) in [6.45, 7) is 5.86. The first-order valence-corrected chi connectivity index (χ1v) is 8.04. The Labute approximate surface area is 165 Å². The zero-order chi connectivity index (χ0) is 17.2. The van der Waals surface area contributed by atoms with E-state index in [-0.39, 0.29) is 36.4 Å². The molecule has 0 bridgehead atoms. The Balaban J connectivity index is 0.00000312. The second-order valence-corrected chi connectivity index (χ2v) is 5.39. The normalized spacial score (nSPS) is 10.7. The van der Waals surface area contributed by atoms with E-state index in [4.69, 9.17) is 4.42 Å². The van der Waals surface area contributed by atoms with Crippen molar-refractivity contribution in [3.8, 4) is 0 Å². The summed E-state index contributed by atoms with van der Waals surface area (Å²) in [5, 5.41) is 8.94. The molecule has 0 saturated carbocycles. The molecule has 25 heavy (non-hydrogen) atoms. The number of aliphatic imine (C=N–C) groups is 1. The van der Waals surface area contributed by atoms with Crippen molar-refractivity contribution in [2.24, 2.45) is 4.99 Å². The van der Waals surface area contributed by atoms with Gasteiger partial charge < -0.3 is 20.4 Å². The highest BCUT2D eigenvalue weighted by molar-refractivity contribution is 14.0. The van der Waals surface area contributed by atoms with Gasteiger partial charge in [-0.25, -0.2) is 4.99 Å². The molecule has 2 aromatic rings. The number of carbonyl (C=O) groups excluding carboxylic acids is 1. The Morgan fingerprint density at radius 3 is 2.52 bits per heavy atom. The molecule has 0 atom stereocenters. The van der Waals surface area contributed by atoms with E-state index in [1.807, 2.05) is 13.0 Å². The highest BCUT2D eigenvalue weighted by Gasteiger charge is 2.04. The van der Waals surface area contributed by atoms with E-state index >= 15 is 0 Å². The van der Waals surface area contributed by atoms with Crippen molar-refractivity contribution in [2.45, 2.75) is 26.9 Å². The molecule has 0 unspecified atom stereocenters. The summed E-state index contributed by atoms with van der Waals surface area (Å²) in [6, 6.07) is 11.8. The van der Waals surface area contributed by atoms with Crippen LogP contribution in [0.2, 0.25) is 0 Å². The quantitative estimate of drug-likeness (QED) is 0.340. The lowest BCUT2D eigenvalue weighted by Gasteiger charge is -2.11. The van der Waals surface area contributed by atoms with Crippen molar-refractivity contribution in [3.05, 3.63) is 59.5 Å². The molecule has 0 aliphatic rings. The predicted molar refractivity (Wildman–Crippen MR) is 110 cm³/mol. The van der Waals surface area contributed by atoms with Crippen molar-refractivity contribution >= 4 is 35.8 Å². The second kappa shape index (κ2) is 11.5. The van der Waals surface area contributed by atoms with Gasteiger partial charge in [0, 0.05) is 6.54 Å². The molecule has 0 radical (unpaired) electrons. The largest absolute Gasteiger partial charge is 0.467 e. The van der Waals surface area contributed by atoms with Crippen molar-refractivity contribution in [2.75, 3.05) is 13.1 Å². The third kappa shape index (κ3) is 8.06. The SMILES string of the molecule is CCNC(=NCc1ccc(C)cc1)NCC(=O)NCc1ccco1.I. The molecule has 1 amide bonds. The third-order valence-corrected chi connectivity index (χ3v) is 3.34. The average Bonchev–Trinajstić information content (AvgIpc) is 3.10. The highest BCUT2D eigenvalue weighted by atomic mass is 127. The fourth-order valence-electron chi connectivity index (χ4n) is 2.03. The van der Waals surface area contributed by atoms with Gasteiger partial charge in [-0.3, -0.25) is 4.79 Å². The fraction of sp³-hybridized carbons (Fsp3) is 0.333. The summed E-state index contributed by atoms with van der Waals surface area (Å²) in [5.74, 6) is 1.22. The monoisotopic (exact) mass is 456 g/mol. The number of aryl methyl sites for hydroxylation is 1. The van der Waals surface area contributed by atoms with Crippen LogP contribution >= 0.6 is 24.0 Å². The lowest BCUT2D eigenvalue weighted by molar-refractivity contribution is -0.120. The average molecular weight is 456 g/mol. The summed E-state index contributed by atoms with van der Waals surface area (Å²) in [7, 11) is 0. The number of amides is 1. The van der Waals surface area contributed by atoms with E-state index in [0.717, 1.165) is 17.9 Å². The molecule has 1 aromatic carbocycles. The molecule has 3 N–H and O–H groups in total. The minimum absolute atomic E-state index is 0. The number of rotatable bonds is 7. The van der Waals surface area contributed by atoms with E-state index in [1.54, 1.807) is 12.3 Å². The van der Waals surface area contributed by atoms with Gasteiger partial charge in [0.05, 0.1) is 25.9 Å². The smallest absolute Gasteiger partial charge is 0.239 e. The predicted octanol–water partition coefficient (Wildman–Crippen LogP) is 2.58. The summed E-state index contributed by atoms with van der Waals surface area (Å²) < 4.78 is 5.17. The van der Waals surface area contributed by atoms with Crippen LogP contribution in [0.15, 0.2) is 52.1 Å². The Morgan fingerprint density at radius 1 is 1.12 bits per heavy atom. The Bertz CT molecular complexity index is 654. The van der Waals surface area contributed by atoms with Gasteiger partial charge in [0.15, 0.2) is 5.96 Å². The molecule has 0 spiro atoms. The van der Waals surface area contributed by atoms with Crippen LogP contribution in [0.4, 0.5) is 0 Å². The molecule has 0 saturated heterocycles. The van der Waals surface area contributed by atoms with E-state index in [1.165, 1.54) is 5.56 Å². The van der Waals surface area contributed by atoms with Gasteiger partial charge in [0.1, 0.15) is 5.76 Å². The first-order chi connectivity index (χ1) is 11.7. The van der Waals surface area contributed by atoms with Crippen LogP contribution in [0.25, 0.3) is 0 Å². The first-order valence-electron chi connectivity index (χ1n) is 8.04. The number of halogens is 1. The van der Waals surface area contributed by atoms with Gasteiger partial charge in [0.2, 0.25) is 5.91 Å². The second-order valence-electron chi connectivity index (χ2n) is 5.39. The zero-order valence-corrected chi connectivity index (χ0v) is 16.9. The van der Waals surface area contributed by atoms with Crippen molar-refractivity contribution < 1.29 is 9.21 Å². The number of nitrogens with zero attached hydrogens (tertiary/aromatic N) is 1. The van der Waals surface area contributed by atoms with Crippen LogP contribution in [-0.4, -0.2) is 25.0 Å². The van der Waals surface area contributed by atoms with Gasteiger partial charge in [-0.05, 0) is 31.5 Å². The van der Waals surface area contributed by atoms with Gasteiger partial charge >= 0.3 is 0 Å². The van der Waals surface area contributed by atoms with Crippen LogP contribution in [-0.2, 0) is 17.9 Å². The van der Waals surface area contributed by atoms with Gasteiger partial charge in [-0.2, -0.15) is 0 Å². The topological polar surface area (TPSA) is 78.7 Å². The van der Waals surface area contributed by atoms with Crippen molar-refractivity contribution in [1.82, 2.24) is 16.0 Å². The molecule has 0 aliphatic carbocycles. The van der Waals surface area contributed by atoms with Gasteiger partial charge in [-0.15, -0.1) is 24.0 Å². The van der Waals surface area contributed by atoms with Crippen molar-refractivity contribution in [3.63, 3.8) is 0 Å². The molecule has 6 nitrogen and oxygen atoms in total. The standard InChI is InChI=1S/C18H24N4O2.HI/c1-3-19-18(21-11-15-8-6-14(2)7-9-15)22-13-17(23)20-12-16-5-4-10-24-16;/h4-10H,3,11-13H2,1-2H3,(H,20,23)(H2,19,21,22);1H. The molecule has 2 rings (SSSR count). The lowest BCUT2D eigenvalue weighted by atomic mass is 10.1. The van der Waals surface area contributed by atoms with Crippen molar-refractivity contribution in [1.29, 1.82) is 0 Å². The van der Waals surface area contributed by atoms with Gasteiger partial charge in [-0.1, -0.05) is 29.8 Å². The van der Waals surface area contributed by atoms with E-state index in [2.05, 4.69) is 52.1 Å².